The van der Waals surface area contributed by atoms with Gasteiger partial charge < -0.3 is 0 Å². The van der Waals surface area contributed by atoms with E-state index >= 15 is 0 Å². The summed E-state index contributed by atoms with van der Waals surface area (Å²) in [4.78, 5) is 0. The van der Waals surface area contributed by atoms with Gasteiger partial charge in [0.15, 0.2) is 0 Å². The van der Waals surface area contributed by atoms with E-state index in [4.69, 9.17) is 0 Å². The van der Waals surface area contributed by atoms with Gasteiger partial charge in [0.1, 0.15) is 0 Å². The molecule has 4 nitrogen and oxygen atoms in total. The summed E-state index contributed by atoms with van der Waals surface area (Å²) in [7, 11) is 13.4. The Kier molecular flexibility index (Phi) is 8.18. The van der Waals surface area contributed by atoms with Crippen molar-refractivity contribution in [3.63, 3.8) is 0 Å². The molecule has 0 aliphatic carbocycles. The molecular weight excluding hydrogens is 307 g/mol. The van der Waals surface area contributed by atoms with Crippen LogP contribution in [-0.4, -0.2) is 83.9 Å². The van der Waals surface area contributed by atoms with Crippen LogP contribution in [0, 0.1) is 0 Å². The zero-order valence-corrected chi connectivity index (χ0v) is 15.0. The molecule has 16 heavy (non-hydrogen) atoms. The maximum atomic E-state index is 3.42. The fourth-order valence-electron chi connectivity index (χ4n) is 2.50. The number of hydrogen-bond donors (Lipinski definition) is 1. The molecule has 0 aliphatic heterocycles. The summed E-state index contributed by atoms with van der Waals surface area (Å²) in [5.74, 6) is 0. The fraction of sp³-hybridized carbons (Fsp3) is 1.00. The van der Waals surface area contributed by atoms with E-state index in [0.29, 0.717) is 0 Å². The molecule has 0 atom stereocenters. The van der Waals surface area contributed by atoms with Gasteiger partial charge in [-0.05, 0) is 0 Å². The molecule has 5 heteroatoms. The fourth-order valence-corrected chi connectivity index (χ4v) is 15.0. The molecule has 0 aromatic carbocycles. The van der Waals surface area contributed by atoms with Crippen LogP contribution >= 0.6 is 0 Å². The van der Waals surface area contributed by atoms with Crippen LogP contribution < -0.4 is 5.32 Å². The molecule has 0 saturated carbocycles. The van der Waals surface area contributed by atoms with Crippen LogP contribution in [0.3, 0.4) is 0 Å². The Morgan fingerprint density at radius 3 is 1.62 bits per heavy atom. The van der Waals surface area contributed by atoms with Crippen LogP contribution in [0.2, 0.25) is 4.44 Å². The molecule has 0 rings (SSSR count). The predicted octanol–water partition coefficient (Wildman–Crippen LogP) is 0.610. The first-order valence-electron chi connectivity index (χ1n) is 6.12. The summed E-state index contributed by atoms with van der Waals surface area (Å²) in [6, 6.07) is 0. The Morgan fingerprint density at radius 1 is 0.875 bits per heavy atom. The first-order chi connectivity index (χ1) is 7.39. The monoisotopic (exact) mass is 338 g/mol. The van der Waals surface area contributed by atoms with Crippen molar-refractivity contribution >= 4 is 19.2 Å². The Bertz CT molecular complexity index is 161. The second-order valence-electron chi connectivity index (χ2n) is 4.91. The molecule has 0 radical (unpaired) electrons. The van der Waals surface area contributed by atoms with Crippen LogP contribution in [0.4, 0.5) is 0 Å². The summed E-state index contributed by atoms with van der Waals surface area (Å²) < 4.78 is 8.84. The average Bonchev–Trinajstić information content (AvgIpc) is 2.16. The molecule has 1 N–H and O–H groups in total. The van der Waals surface area contributed by atoms with Crippen molar-refractivity contribution in [1.82, 2.24) is 14.7 Å². The van der Waals surface area contributed by atoms with E-state index in [0.717, 1.165) is 13.1 Å². The van der Waals surface area contributed by atoms with Crippen molar-refractivity contribution in [2.75, 3.05) is 55.4 Å². The Balaban J connectivity index is 4.52. The molecule has 0 saturated heterocycles. The van der Waals surface area contributed by atoms with Gasteiger partial charge in [-0.2, -0.15) is 0 Å². The van der Waals surface area contributed by atoms with Crippen molar-refractivity contribution in [1.29, 1.82) is 0 Å². The minimum absolute atomic E-state index is 1.08. The number of rotatable bonds is 8. The van der Waals surface area contributed by atoms with Gasteiger partial charge in [-0.25, -0.2) is 0 Å². The van der Waals surface area contributed by atoms with E-state index in [1.54, 1.807) is 0 Å². The topological polar surface area (TPSA) is 21.8 Å². The van der Waals surface area contributed by atoms with Gasteiger partial charge in [-0.3, -0.25) is 0 Å². The van der Waals surface area contributed by atoms with E-state index in [1.807, 2.05) is 0 Å². The van der Waals surface area contributed by atoms with Gasteiger partial charge >= 0.3 is 107 Å². The van der Waals surface area contributed by atoms with E-state index in [1.165, 1.54) is 10.9 Å². The summed E-state index contributed by atoms with van der Waals surface area (Å²) in [6.07, 6.45) is 1.28. The normalized spacial score (nSPS) is 13.1. The molecule has 0 unspecified atom stereocenters. The Hall–Kier alpha value is 0.639. The second-order valence-corrected chi connectivity index (χ2v) is 18.4. The zero-order valence-electron chi connectivity index (χ0n) is 12.2. The van der Waals surface area contributed by atoms with Gasteiger partial charge in [0.25, 0.3) is 0 Å². The van der Waals surface area contributed by atoms with Gasteiger partial charge in [0, 0.05) is 0 Å². The number of nitrogens with zero attached hydrogens (tertiary/aromatic N) is 3. The van der Waals surface area contributed by atoms with E-state index in [-0.39, 0.29) is 0 Å². The third-order valence-corrected chi connectivity index (χ3v) is 18.5. The predicted molar refractivity (Wildman–Crippen MR) is 74.8 cm³/mol. The van der Waals surface area contributed by atoms with Crippen molar-refractivity contribution in [2.45, 2.75) is 17.8 Å². The third kappa shape index (κ3) is 4.14. The standard InChI is InChI=1S/C5H12N.3C2H6N.Sn/c1-3-5-6-4-2;3*1-3-2;/h6H,1,3-5H2,2H3;3*1-2H3;/q;3*-1;+3. The maximum absolute atomic E-state index is 3.42. The summed E-state index contributed by atoms with van der Waals surface area (Å²) in [6.45, 7) is 4.39. The number of hydrogen-bond acceptors (Lipinski definition) is 4. The SMILES string of the molecule is CCNCC[CH2][Sn]([N](C)C)([N](C)C)[N](C)C. The molecule has 0 bridgehead atoms. The van der Waals surface area contributed by atoms with Gasteiger partial charge in [-0.15, -0.1) is 0 Å². The summed E-state index contributed by atoms with van der Waals surface area (Å²) in [5, 5.41) is 3.42. The molecule has 98 valence electrons. The molecule has 0 aliphatic rings. The van der Waals surface area contributed by atoms with Gasteiger partial charge in [0.2, 0.25) is 0 Å². The molecule has 0 spiro atoms. The third-order valence-electron chi connectivity index (χ3n) is 3.26. The van der Waals surface area contributed by atoms with Crippen LogP contribution in [-0.2, 0) is 0 Å². The van der Waals surface area contributed by atoms with Crippen molar-refractivity contribution in [3.05, 3.63) is 0 Å². The Morgan fingerprint density at radius 2 is 1.31 bits per heavy atom. The first-order valence-corrected chi connectivity index (χ1v) is 12.0. The summed E-state index contributed by atoms with van der Waals surface area (Å²) in [5.41, 5.74) is 0. The van der Waals surface area contributed by atoms with Gasteiger partial charge in [0.05, 0.1) is 0 Å². The van der Waals surface area contributed by atoms with Crippen LogP contribution in [0.25, 0.3) is 0 Å². The van der Waals surface area contributed by atoms with Crippen LogP contribution in [0.1, 0.15) is 13.3 Å². The van der Waals surface area contributed by atoms with Crippen LogP contribution in [0.15, 0.2) is 0 Å². The molecule has 0 heterocycles. The molecule has 0 fully saturated rings. The minimum atomic E-state index is -2.45. The van der Waals surface area contributed by atoms with E-state index in [9.17, 15) is 0 Å². The van der Waals surface area contributed by atoms with Crippen LogP contribution in [0.5, 0.6) is 0 Å². The quantitative estimate of drug-likeness (QED) is 0.518. The van der Waals surface area contributed by atoms with E-state index in [2.05, 4.69) is 63.9 Å². The molecule has 0 aromatic rings. The Labute approximate surface area is 107 Å². The molecule has 0 amide bonds. The van der Waals surface area contributed by atoms with Gasteiger partial charge in [-0.1, -0.05) is 0 Å². The van der Waals surface area contributed by atoms with Crippen molar-refractivity contribution in [2.24, 2.45) is 0 Å². The van der Waals surface area contributed by atoms with E-state index < -0.39 is 19.2 Å². The van der Waals surface area contributed by atoms with Crippen molar-refractivity contribution < 1.29 is 0 Å². The van der Waals surface area contributed by atoms with Crippen molar-refractivity contribution in [3.8, 4) is 0 Å². The first kappa shape index (κ1) is 16.6. The summed E-state index contributed by atoms with van der Waals surface area (Å²) >= 11 is -2.45. The average molecular weight is 337 g/mol. The molecular formula is C11H30N4Sn. The zero-order chi connectivity index (χ0) is 12.8. The second kappa shape index (κ2) is 7.87. The number of nitrogens with one attached hydrogen (secondary N) is 1. The molecule has 0 aromatic heterocycles.